The van der Waals surface area contributed by atoms with E-state index >= 15 is 0 Å². The average Bonchev–Trinajstić information content (AvgIpc) is 3.09. The quantitative estimate of drug-likeness (QED) is 0.273. The molecular formula is C19H35O9PW-2. The van der Waals surface area contributed by atoms with Crippen LogP contribution in [0.3, 0.4) is 0 Å². The third-order valence-electron chi connectivity index (χ3n) is 4.81. The summed E-state index contributed by atoms with van der Waals surface area (Å²) in [5.74, 6) is 0. The van der Waals surface area contributed by atoms with Crippen LogP contribution in [0.5, 0.6) is 0 Å². The topological polar surface area (TPSA) is 116 Å². The van der Waals surface area contributed by atoms with Gasteiger partial charge in [-0.05, 0) is 60.7 Å². The van der Waals surface area contributed by atoms with Crippen LogP contribution < -0.4 is 4.89 Å². The Kier molecular flexibility index (Phi) is 11.6. The zero-order valence-corrected chi connectivity index (χ0v) is 22.4. The van der Waals surface area contributed by atoms with Gasteiger partial charge in [0.1, 0.15) is 11.7 Å². The van der Waals surface area contributed by atoms with Gasteiger partial charge in [0, 0.05) is 39.7 Å². The molecule has 9 nitrogen and oxygen atoms in total. The van der Waals surface area contributed by atoms with E-state index in [1.165, 1.54) is 0 Å². The Morgan fingerprint density at radius 1 is 1.20 bits per heavy atom. The Morgan fingerprint density at radius 3 is 2.43 bits per heavy atom. The maximum atomic E-state index is 12.5. The number of phosphoric ester groups is 1. The summed E-state index contributed by atoms with van der Waals surface area (Å²) in [4.78, 5) is 12.5. The Hall–Kier alpha value is 0.598. The minimum Gasteiger partial charge on any atom is -0.756 e. The third kappa shape index (κ3) is 8.18. The summed E-state index contributed by atoms with van der Waals surface area (Å²) in [6.07, 6.45) is -0.388. The van der Waals surface area contributed by atoms with Crippen molar-refractivity contribution in [2.75, 3.05) is 19.8 Å². The smallest absolute Gasteiger partial charge is 0.265 e. The van der Waals surface area contributed by atoms with Crippen LogP contribution in [0.25, 0.3) is 0 Å². The second-order valence-electron chi connectivity index (χ2n) is 8.37. The molecule has 2 saturated heterocycles. The summed E-state index contributed by atoms with van der Waals surface area (Å²) in [7, 11) is -4.69. The van der Waals surface area contributed by atoms with E-state index in [1.807, 2.05) is 34.6 Å². The van der Waals surface area contributed by atoms with Crippen LogP contribution in [0.15, 0.2) is 0 Å². The maximum Gasteiger partial charge on any atom is 0.265 e. The van der Waals surface area contributed by atoms with Crippen LogP contribution >= 0.6 is 7.82 Å². The van der Waals surface area contributed by atoms with Crippen LogP contribution in [0.4, 0.5) is 0 Å². The first-order valence-corrected chi connectivity index (χ1v) is 11.6. The van der Waals surface area contributed by atoms with Gasteiger partial charge in [-0.3, -0.25) is 4.57 Å². The van der Waals surface area contributed by atoms with E-state index in [0.29, 0.717) is 18.9 Å². The Labute approximate surface area is 194 Å². The van der Waals surface area contributed by atoms with Crippen molar-refractivity contribution in [2.45, 2.75) is 96.6 Å². The molecule has 0 aromatic carbocycles. The number of aliphatic hydroxyl groups is 1. The van der Waals surface area contributed by atoms with Gasteiger partial charge in [-0.25, -0.2) is 0 Å². The van der Waals surface area contributed by atoms with Crippen LogP contribution in [-0.4, -0.2) is 67.2 Å². The third-order valence-corrected chi connectivity index (χ3v) is 5.77. The molecular weight excluding hydrogens is 587 g/mol. The first-order valence-electron chi connectivity index (χ1n) is 10.2. The normalized spacial score (nSPS) is 34.5. The van der Waals surface area contributed by atoms with Crippen LogP contribution in [0.2, 0.25) is 0 Å². The minimum absolute atomic E-state index is 0. The molecule has 0 amide bonds. The molecule has 178 valence electrons. The van der Waals surface area contributed by atoms with Crippen LogP contribution in [0, 0.1) is 6.10 Å². The van der Waals surface area contributed by atoms with Crippen molar-refractivity contribution in [2.24, 2.45) is 0 Å². The molecule has 0 bridgehead atoms. The molecule has 0 radical (unpaired) electrons. The predicted molar refractivity (Wildman–Crippen MR) is 103 cm³/mol. The van der Waals surface area contributed by atoms with E-state index in [9.17, 15) is 14.6 Å². The van der Waals surface area contributed by atoms with Gasteiger partial charge in [-0.2, -0.15) is 0 Å². The van der Waals surface area contributed by atoms with Gasteiger partial charge in [0.05, 0.1) is 25.4 Å². The molecule has 2 aliphatic heterocycles. The van der Waals surface area contributed by atoms with E-state index in [4.69, 9.17) is 28.0 Å². The molecule has 3 unspecified atom stereocenters. The molecule has 2 aliphatic rings. The Morgan fingerprint density at radius 2 is 1.87 bits per heavy atom. The molecule has 1 N–H and O–H groups in total. The molecule has 2 fully saturated rings. The summed E-state index contributed by atoms with van der Waals surface area (Å²) in [5.41, 5.74) is -1.26. The number of hydrogen-bond donors (Lipinski definition) is 1. The van der Waals surface area contributed by atoms with Crippen LogP contribution in [-0.2, 0) is 53.6 Å². The molecule has 0 aromatic rings. The summed E-state index contributed by atoms with van der Waals surface area (Å²) >= 11 is 0. The second-order valence-corrected chi connectivity index (χ2v) is 9.73. The van der Waals surface area contributed by atoms with Gasteiger partial charge in [0.25, 0.3) is 7.82 Å². The van der Waals surface area contributed by atoms with Gasteiger partial charge in [-0.15, -0.1) is 6.10 Å². The Balaban J connectivity index is 0.00000450. The van der Waals surface area contributed by atoms with Crippen molar-refractivity contribution in [3.8, 4) is 0 Å². The van der Waals surface area contributed by atoms with Crippen molar-refractivity contribution >= 4 is 7.82 Å². The number of hydrogen-bond acceptors (Lipinski definition) is 9. The molecule has 30 heavy (non-hydrogen) atoms. The van der Waals surface area contributed by atoms with Gasteiger partial charge >= 0.3 is 0 Å². The fourth-order valence-corrected chi connectivity index (χ4v) is 4.47. The minimum atomic E-state index is -4.69. The zero-order chi connectivity index (χ0) is 21.8. The molecule has 6 atom stereocenters. The van der Waals surface area contributed by atoms with Gasteiger partial charge in [-0.1, -0.05) is 0 Å². The standard InChI is InChI=1S/C19H36O9P.W/c1-12(2)23-11-19(10-20)18(8-15(6)27-19)28-29(21,22)24-9-17-16(25-13(3)4)7-14(5)26-17;/h12-16,18,20H,7-11H2,1-6H3,(H,21,22);/q-1;/p-1/t14-,15-,16?,18?,19+;/m0./s1. The molecule has 2 rings (SSSR count). The first kappa shape index (κ1) is 28.6. The molecule has 11 heteroatoms. The summed E-state index contributed by atoms with van der Waals surface area (Å²) < 4.78 is 45.7. The molecule has 2 heterocycles. The number of rotatable bonds is 11. The van der Waals surface area contributed by atoms with Gasteiger partial charge < -0.3 is 38.0 Å². The van der Waals surface area contributed by atoms with E-state index in [1.54, 1.807) is 6.92 Å². The Bertz CT molecular complexity index is 564. The maximum absolute atomic E-state index is 12.5. The fraction of sp³-hybridized carbons (Fsp3) is 0.947. The fourth-order valence-electron chi connectivity index (χ4n) is 3.53. The van der Waals surface area contributed by atoms with Crippen molar-refractivity contribution < 1.29 is 63.6 Å². The predicted octanol–water partition coefficient (Wildman–Crippen LogP) is 1.95. The van der Waals surface area contributed by atoms with Crippen molar-refractivity contribution in [3.05, 3.63) is 6.10 Å². The molecule has 0 aliphatic carbocycles. The first-order chi connectivity index (χ1) is 13.5. The van der Waals surface area contributed by atoms with Crippen molar-refractivity contribution in [1.82, 2.24) is 0 Å². The zero-order valence-electron chi connectivity index (χ0n) is 18.6. The second kappa shape index (κ2) is 12.2. The van der Waals surface area contributed by atoms with Gasteiger partial charge in [0.15, 0.2) is 0 Å². The SMILES string of the molecule is CC(C)OC[C@@]1(CO)O[C@@H](C)CC1OP(=O)([O-])OC[C-]1O[C@@H](C)CC1OC(C)C.[W]. The number of aliphatic hydroxyl groups excluding tert-OH is 1. The van der Waals surface area contributed by atoms with E-state index in [-0.39, 0.29) is 64.8 Å². The average molecular weight is 622 g/mol. The van der Waals surface area contributed by atoms with Crippen molar-refractivity contribution in [3.63, 3.8) is 0 Å². The summed E-state index contributed by atoms with van der Waals surface area (Å²) in [6.45, 7) is 10.5. The molecule has 0 saturated carbocycles. The largest absolute Gasteiger partial charge is 0.756 e. The van der Waals surface area contributed by atoms with Gasteiger partial charge in [0.2, 0.25) is 0 Å². The monoisotopic (exact) mass is 622 g/mol. The molecule has 0 spiro atoms. The number of ether oxygens (including phenoxy) is 4. The number of phosphoric acid groups is 1. The molecule has 0 aromatic heterocycles. The van der Waals surface area contributed by atoms with E-state index in [0.717, 1.165) is 0 Å². The van der Waals surface area contributed by atoms with Crippen LogP contribution in [0.1, 0.15) is 54.4 Å². The van der Waals surface area contributed by atoms with E-state index < -0.39 is 26.1 Å². The van der Waals surface area contributed by atoms with Crippen molar-refractivity contribution in [1.29, 1.82) is 0 Å². The van der Waals surface area contributed by atoms with E-state index in [2.05, 4.69) is 0 Å². The summed E-state index contributed by atoms with van der Waals surface area (Å²) in [5, 5.41) is 9.91. The summed E-state index contributed by atoms with van der Waals surface area (Å²) in [6, 6.07) is 0.